The zero-order chi connectivity index (χ0) is 13.3. The molecular weight excluding hydrogens is 277 g/mol. The number of aromatic nitrogens is 1. The molecular formula is C10H4F5NOS. The van der Waals surface area contributed by atoms with Gasteiger partial charge < -0.3 is 4.74 Å². The van der Waals surface area contributed by atoms with Crippen molar-refractivity contribution in [1.82, 2.24) is 4.98 Å². The van der Waals surface area contributed by atoms with Crippen molar-refractivity contribution in [2.75, 3.05) is 0 Å². The number of nitrogens with zero attached hydrogens (tertiary/aromatic N) is 1. The van der Waals surface area contributed by atoms with Gasteiger partial charge in [-0.2, -0.15) is 18.2 Å². The fourth-order valence-electron chi connectivity index (χ4n) is 1.09. The van der Waals surface area contributed by atoms with Crippen molar-refractivity contribution in [3.8, 4) is 10.9 Å². The van der Waals surface area contributed by atoms with E-state index in [0.717, 1.165) is 17.5 Å². The van der Waals surface area contributed by atoms with Gasteiger partial charge in [0.1, 0.15) is 5.82 Å². The summed E-state index contributed by atoms with van der Waals surface area (Å²) in [5.41, 5.74) is -1.12. The Labute approximate surface area is 102 Å². The molecule has 2 rings (SSSR count). The second-order valence-electron chi connectivity index (χ2n) is 3.17. The van der Waals surface area contributed by atoms with Gasteiger partial charge in [0.2, 0.25) is 0 Å². The van der Waals surface area contributed by atoms with E-state index in [-0.39, 0.29) is 10.9 Å². The lowest BCUT2D eigenvalue weighted by atomic mass is 10.3. The summed E-state index contributed by atoms with van der Waals surface area (Å²) in [6, 6.07) is 2.46. The fraction of sp³-hybridized carbons (Fsp3) is 0.100. The lowest BCUT2D eigenvalue weighted by Crippen LogP contribution is -2.04. The van der Waals surface area contributed by atoms with Crippen LogP contribution in [0.3, 0.4) is 0 Å². The molecule has 0 fully saturated rings. The van der Waals surface area contributed by atoms with Gasteiger partial charge in [-0.3, -0.25) is 0 Å². The van der Waals surface area contributed by atoms with E-state index in [1.165, 1.54) is 0 Å². The van der Waals surface area contributed by atoms with Gasteiger partial charge in [-0.1, -0.05) is 11.3 Å². The van der Waals surface area contributed by atoms with Crippen LogP contribution in [-0.4, -0.2) is 4.98 Å². The molecule has 0 aliphatic carbocycles. The van der Waals surface area contributed by atoms with E-state index in [0.29, 0.717) is 17.4 Å². The summed E-state index contributed by atoms with van der Waals surface area (Å²) in [4.78, 5) is 3.15. The van der Waals surface area contributed by atoms with Crippen molar-refractivity contribution in [3.63, 3.8) is 0 Å². The molecule has 0 unspecified atom stereocenters. The highest BCUT2D eigenvalue weighted by atomic mass is 32.1. The van der Waals surface area contributed by atoms with Gasteiger partial charge in [0.15, 0.2) is 17.3 Å². The van der Waals surface area contributed by atoms with Gasteiger partial charge in [-0.25, -0.2) is 8.78 Å². The maximum Gasteiger partial charge on any atom is 0.434 e. The molecule has 1 heterocycles. The van der Waals surface area contributed by atoms with Gasteiger partial charge in [0, 0.05) is 11.4 Å². The lowest BCUT2D eigenvalue weighted by molar-refractivity contribution is -0.140. The van der Waals surface area contributed by atoms with E-state index in [1.54, 1.807) is 0 Å². The van der Waals surface area contributed by atoms with E-state index in [2.05, 4.69) is 4.98 Å². The number of hydrogen-bond donors (Lipinski definition) is 0. The quantitative estimate of drug-likeness (QED) is 0.768. The van der Waals surface area contributed by atoms with Gasteiger partial charge in [0.25, 0.3) is 5.19 Å². The van der Waals surface area contributed by atoms with Crippen LogP contribution < -0.4 is 4.74 Å². The Hall–Kier alpha value is -1.70. The van der Waals surface area contributed by atoms with E-state index >= 15 is 0 Å². The maximum absolute atomic E-state index is 13.2. The van der Waals surface area contributed by atoms with Crippen LogP contribution in [0.5, 0.6) is 10.9 Å². The predicted octanol–water partition coefficient (Wildman–Crippen LogP) is 4.23. The van der Waals surface area contributed by atoms with Crippen LogP contribution in [-0.2, 0) is 6.18 Å². The number of ether oxygens (including phenoxy) is 1. The molecule has 1 aromatic heterocycles. The summed E-state index contributed by atoms with van der Waals surface area (Å²) in [5, 5.41) is 0.379. The highest BCUT2D eigenvalue weighted by Crippen LogP contribution is 2.34. The van der Waals surface area contributed by atoms with Crippen LogP contribution in [0.2, 0.25) is 0 Å². The first-order chi connectivity index (χ1) is 8.36. The SMILES string of the molecule is Fc1ccc(Oc2nc(C(F)(F)F)cs2)c(F)c1. The number of rotatable bonds is 2. The van der Waals surface area contributed by atoms with E-state index in [4.69, 9.17) is 4.74 Å². The number of thiazole rings is 1. The minimum atomic E-state index is -4.58. The molecule has 2 nitrogen and oxygen atoms in total. The summed E-state index contributed by atoms with van der Waals surface area (Å²) in [6.07, 6.45) is -4.58. The van der Waals surface area contributed by atoms with Crippen molar-refractivity contribution >= 4 is 11.3 Å². The third kappa shape index (κ3) is 2.76. The average molecular weight is 281 g/mol. The van der Waals surface area contributed by atoms with Crippen LogP contribution >= 0.6 is 11.3 Å². The Kier molecular flexibility index (Phi) is 3.20. The Bertz CT molecular complexity index is 566. The van der Waals surface area contributed by atoms with Gasteiger partial charge in [-0.15, -0.1) is 0 Å². The molecule has 0 radical (unpaired) electrons. The second kappa shape index (κ2) is 4.52. The monoisotopic (exact) mass is 281 g/mol. The minimum Gasteiger partial charge on any atom is -0.428 e. The van der Waals surface area contributed by atoms with Crippen molar-refractivity contribution in [2.24, 2.45) is 0 Å². The van der Waals surface area contributed by atoms with E-state index < -0.39 is 23.5 Å². The number of hydrogen-bond acceptors (Lipinski definition) is 3. The Morgan fingerprint density at radius 3 is 2.44 bits per heavy atom. The zero-order valence-corrected chi connectivity index (χ0v) is 9.28. The Morgan fingerprint density at radius 1 is 1.17 bits per heavy atom. The molecule has 2 aromatic rings. The first kappa shape index (κ1) is 12.7. The third-order valence-corrected chi connectivity index (χ3v) is 2.58. The molecule has 0 bridgehead atoms. The molecule has 0 saturated heterocycles. The Morgan fingerprint density at radius 2 is 1.89 bits per heavy atom. The first-order valence-corrected chi connectivity index (χ1v) is 5.40. The van der Waals surface area contributed by atoms with Gasteiger partial charge >= 0.3 is 6.18 Å². The van der Waals surface area contributed by atoms with Crippen LogP contribution in [0.1, 0.15) is 5.69 Å². The van der Waals surface area contributed by atoms with Crippen molar-refractivity contribution < 1.29 is 26.7 Å². The minimum absolute atomic E-state index is 0.368. The molecule has 0 atom stereocenters. The van der Waals surface area contributed by atoms with Crippen molar-refractivity contribution in [3.05, 3.63) is 40.9 Å². The largest absolute Gasteiger partial charge is 0.434 e. The molecule has 0 saturated carbocycles. The molecule has 0 N–H and O–H groups in total. The topological polar surface area (TPSA) is 22.1 Å². The molecule has 0 aliphatic heterocycles. The normalized spacial score (nSPS) is 11.6. The summed E-state index contributed by atoms with van der Waals surface area (Å²) in [5.74, 6) is -2.21. The van der Waals surface area contributed by atoms with Crippen LogP contribution in [0.4, 0.5) is 22.0 Å². The van der Waals surface area contributed by atoms with Crippen LogP contribution in [0, 0.1) is 11.6 Å². The molecule has 96 valence electrons. The first-order valence-electron chi connectivity index (χ1n) is 4.52. The summed E-state index contributed by atoms with van der Waals surface area (Å²) < 4.78 is 67.3. The number of benzene rings is 1. The second-order valence-corrected chi connectivity index (χ2v) is 3.99. The summed E-state index contributed by atoms with van der Waals surface area (Å²) in [6.45, 7) is 0. The molecule has 8 heteroatoms. The lowest BCUT2D eigenvalue weighted by Gasteiger charge is -2.03. The van der Waals surface area contributed by atoms with Crippen molar-refractivity contribution in [2.45, 2.75) is 6.18 Å². The van der Waals surface area contributed by atoms with Crippen molar-refractivity contribution in [1.29, 1.82) is 0 Å². The Balaban J connectivity index is 2.21. The third-order valence-electron chi connectivity index (χ3n) is 1.86. The zero-order valence-electron chi connectivity index (χ0n) is 8.46. The molecule has 0 spiro atoms. The van der Waals surface area contributed by atoms with Crippen LogP contribution in [0.25, 0.3) is 0 Å². The fourth-order valence-corrected chi connectivity index (χ4v) is 1.77. The number of halogens is 5. The van der Waals surface area contributed by atoms with Gasteiger partial charge in [0.05, 0.1) is 0 Å². The van der Waals surface area contributed by atoms with E-state index in [9.17, 15) is 22.0 Å². The molecule has 18 heavy (non-hydrogen) atoms. The summed E-state index contributed by atoms with van der Waals surface area (Å²) in [7, 11) is 0. The van der Waals surface area contributed by atoms with E-state index in [1.807, 2.05) is 0 Å². The smallest absolute Gasteiger partial charge is 0.428 e. The predicted molar refractivity (Wildman–Crippen MR) is 53.5 cm³/mol. The molecule has 1 aromatic carbocycles. The standard InChI is InChI=1S/C10H4F5NOS/c11-5-1-2-7(6(12)3-5)17-9-16-8(4-18-9)10(13,14)15/h1-4H. The highest BCUT2D eigenvalue weighted by Gasteiger charge is 2.34. The highest BCUT2D eigenvalue weighted by molar-refractivity contribution is 7.11. The average Bonchev–Trinajstić information content (AvgIpc) is 2.70. The van der Waals surface area contributed by atoms with Gasteiger partial charge in [-0.05, 0) is 12.1 Å². The maximum atomic E-state index is 13.2. The van der Waals surface area contributed by atoms with Crippen LogP contribution in [0.15, 0.2) is 23.6 Å². The molecule has 0 amide bonds. The number of alkyl halides is 3. The molecule has 0 aliphatic rings. The summed E-state index contributed by atoms with van der Waals surface area (Å²) >= 11 is 0.570.